The molecule has 0 amide bonds. The van der Waals surface area contributed by atoms with E-state index in [0.717, 1.165) is 33.4 Å². The van der Waals surface area contributed by atoms with Crippen LogP contribution in [0.4, 0.5) is 0 Å². The molecule has 0 aliphatic heterocycles. The minimum absolute atomic E-state index is 0. The Kier molecular flexibility index (Phi) is 12.5. The zero-order valence-corrected chi connectivity index (χ0v) is 35.2. The summed E-state index contributed by atoms with van der Waals surface area (Å²) in [6.45, 7) is 26.8. The molecular weight excluding hydrogens is 699 g/mol. The van der Waals surface area contributed by atoms with Gasteiger partial charge in [0.2, 0.25) is 0 Å². The van der Waals surface area contributed by atoms with Gasteiger partial charge in [-0.15, -0.1) is 17.2 Å². The molecule has 0 heterocycles. The molecule has 0 N–H and O–H groups in total. The monoisotopic (exact) mass is 754 g/mol. The van der Waals surface area contributed by atoms with Crippen LogP contribution in [-0.2, 0) is 76.2 Å². The quantitative estimate of drug-likeness (QED) is 0.125. The second-order valence-corrected chi connectivity index (χ2v) is 18.8. The van der Waals surface area contributed by atoms with Crippen molar-refractivity contribution in [2.45, 2.75) is 137 Å². The second-order valence-electron chi connectivity index (χ2n) is 18.8. The van der Waals surface area contributed by atoms with E-state index in [2.05, 4.69) is 83.1 Å². The molecule has 285 valence electrons. The van der Waals surface area contributed by atoms with E-state index in [-0.39, 0.29) is 88.6 Å². The largest absolute Gasteiger partial charge is 2.00 e. The number of hydrogen-bond donors (Lipinski definition) is 0. The zero-order chi connectivity index (χ0) is 38.0. The van der Waals surface area contributed by atoms with Crippen molar-refractivity contribution in [3.63, 3.8) is 0 Å². The Bertz CT molecular complexity index is 1890. The third-order valence-electron chi connectivity index (χ3n) is 10.2. The Morgan fingerprint density at radius 2 is 0.642 bits per heavy atom. The molecule has 4 aromatic carbocycles. The van der Waals surface area contributed by atoms with Crippen LogP contribution >= 0.6 is 0 Å². The molecule has 0 unspecified atom stereocenters. The summed E-state index contributed by atoms with van der Waals surface area (Å²) in [5, 5.41) is 43.4. The van der Waals surface area contributed by atoms with Crippen LogP contribution in [0.25, 0.3) is 0 Å². The summed E-state index contributed by atoms with van der Waals surface area (Å²) >= 11 is 0. The van der Waals surface area contributed by atoms with Crippen LogP contribution in [0.5, 0.6) is 23.0 Å². The minimum atomic E-state index is -0.468. The SMILES string of the molecule is CC(=O)Oc1c2cc(C(C)(C)C)cc1Cc1cc(C(C)(C)C)cc(c1[O-])Cc1cc(C(C)(C)C)cc(c1[O-])Cc1cc(C(C)(C)C)cc(c1[O-])C2.[O-2].[V]. The summed E-state index contributed by atoms with van der Waals surface area (Å²) in [6.07, 6.45) is 0.800. The van der Waals surface area contributed by atoms with Crippen molar-refractivity contribution in [3.05, 3.63) is 115 Å². The molecular formula is C46H55O6V-5. The van der Waals surface area contributed by atoms with Gasteiger partial charge < -0.3 is 25.5 Å². The number of fused-ring (bicyclic) bond motifs is 8. The number of esters is 1. The maximum absolute atomic E-state index is 14.5. The first-order chi connectivity index (χ1) is 23.3. The number of ether oxygens (including phenoxy) is 1. The number of carbonyl (C=O) groups is 1. The van der Waals surface area contributed by atoms with E-state index < -0.39 is 5.97 Å². The van der Waals surface area contributed by atoms with Gasteiger partial charge in [0.1, 0.15) is 5.75 Å². The predicted molar refractivity (Wildman–Crippen MR) is 202 cm³/mol. The molecule has 0 atom stereocenters. The van der Waals surface area contributed by atoms with Gasteiger partial charge in [-0.2, -0.15) is 0 Å². The fourth-order valence-electron chi connectivity index (χ4n) is 6.90. The maximum atomic E-state index is 14.5. The fraction of sp³-hybridized carbons (Fsp3) is 0.457. The second kappa shape index (κ2) is 15.2. The van der Waals surface area contributed by atoms with Crippen LogP contribution in [0.15, 0.2) is 48.5 Å². The van der Waals surface area contributed by atoms with Gasteiger partial charge in [-0.1, -0.05) is 165 Å². The maximum Gasteiger partial charge on any atom is 0.308 e. The molecule has 1 aliphatic carbocycles. The molecule has 7 heteroatoms. The van der Waals surface area contributed by atoms with Gasteiger partial charge in [0.25, 0.3) is 0 Å². The Hall–Kier alpha value is -3.71. The molecule has 0 saturated carbocycles. The number of rotatable bonds is 1. The summed E-state index contributed by atoms with van der Waals surface area (Å²) in [7, 11) is 0. The summed E-state index contributed by atoms with van der Waals surface area (Å²) < 4.78 is 6.02. The van der Waals surface area contributed by atoms with E-state index in [4.69, 9.17) is 4.74 Å². The molecule has 0 spiro atoms. The van der Waals surface area contributed by atoms with E-state index in [0.29, 0.717) is 39.1 Å². The van der Waals surface area contributed by atoms with Crippen molar-refractivity contribution in [2.24, 2.45) is 0 Å². The summed E-state index contributed by atoms with van der Waals surface area (Å²) in [5.74, 6) is -0.430. The zero-order valence-electron chi connectivity index (χ0n) is 33.8. The number of hydrogen-bond acceptors (Lipinski definition) is 5. The van der Waals surface area contributed by atoms with Crippen LogP contribution < -0.4 is 20.1 Å². The van der Waals surface area contributed by atoms with Gasteiger partial charge in [-0.05, 0) is 67.9 Å². The first-order valence-electron chi connectivity index (χ1n) is 18.2. The number of benzene rings is 4. The van der Waals surface area contributed by atoms with E-state index in [1.54, 1.807) is 0 Å². The van der Waals surface area contributed by atoms with E-state index in [1.165, 1.54) is 6.92 Å². The molecule has 4 aromatic rings. The van der Waals surface area contributed by atoms with E-state index in [9.17, 15) is 20.1 Å². The molecule has 1 aliphatic rings. The van der Waals surface area contributed by atoms with Crippen LogP contribution in [-0.4, -0.2) is 5.97 Å². The summed E-state index contributed by atoms with van der Waals surface area (Å²) in [4.78, 5) is 12.7. The molecule has 0 saturated heterocycles. The first-order valence-corrected chi connectivity index (χ1v) is 18.2. The van der Waals surface area contributed by atoms with Crippen LogP contribution in [0.1, 0.15) is 157 Å². The van der Waals surface area contributed by atoms with Gasteiger partial charge >= 0.3 is 5.97 Å². The van der Waals surface area contributed by atoms with Crippen molar-refractivity contribution in [2.75, 3.05) is 0 Å². The Morgan fingerprint density at radius 1 is 0.453 bits per heavy atom. The molecule has 0 aromatic heterocycles. The molecule has 8 bridgehead atoms. The molecule has 5 rings (SSSR count). The summed E-state index contributed by atoms with van der Waals surface area (Å²) in [6, 6.07) is 15.8. The average molecular weight is 755 g/mol. The average Bonchev–Trinajstić information content (AvgIpc) is 2.97. The van der Waals surface area contributed by atoms with Crippen molar-refractivity contribution in [3.8, 4) is 23.0 Å². The van der Waals surface area contributed by atoms with Crippen LogP contribution in [0.2, 0.25) is 0 Å². The third kappa shape index (κ3) is 9.52. The fourth-order valence-corrected chi connectivity index (χ4v) is 6.90. The molecule has 6 nitrogen and oxygen atoms in total. The van der Waals surface area contributed by atoms with Crippen molar-refractivity contribution in [1.29, 1.82) is 0 Å². The van der Waals surface area contributed by atoms with Crippen molar-refractivity contribution >= 4 is 5.97 Å². The summed E-state index contributed by atoms with van der Waals surface area (Å²) in [5.41, 5.74) is 7.73. The van der Waals surface area contributed by atoms with Gasteiger partial charge in [0, 0.05) is 38.3 Å². The van der Waals surface area contributed by atoms with Crippen LogP contribution in [0.3, 0.4) is 0 Å². The minimum Gasteiger partial charge on any atom is -2.00 e. The standard InChI is InChI=1S/C46H58O5.O.V/c1-26(47)51-42-33-16-31-22-36(44(5,6)7)20-29(40(31)49)14-27-18-35(43(2,3)4)19-28(39(27)48)15-30-21-37(45(8,9)10)23-32(41(30)50)17-34(42)25-38(24-33)46(11,12)13;;/h18-25,48-50H,14-17H2,1-13H3;;/q;-2;/p-3. The van der Waals surface area contributed by atoms with E-state index >= 15 is 0 Å². The van der Waals surface area contributed by atoms with E-state index in [1.807, 2.05) is 48.5 Å². The third-order valence-corrected chi connectivity index (χ3v) is 10.2. The normalized spacial score (nSPS) is 13.5. The van der Waals surface area contributed by atoms with Gasteiger partial charge in [-0.3, -0.25) is 4.79 Å². The topological polar surface area (TPSA) is 124 Å². The van der Waals surface area contributed by atoms with Crippen molar-refractivity contribution < 1.29 is 48.9 Å². The smallest absolute Gasteiger partial charge is 0.308 e. The molecule has 0 fully saturated rings. The molecule has 53 heavy (non-hydrogen) atoms. The van der Waals surface area contributed by atoms with Gasteiger partial charge in [-0.25, -0.2) is 0 Å². The molecule has 1 radical (unpaired) electrons. The van der Waals surface area contributed by atoms with Gasteiger partial charge in [0.05, 0.1) is 0 Å². The number of carbonyl (C=O) groups excluding carboxylic acids is 1. The Morgan fingerprint density at radius 3 is 0.830 bits per heavy atom. The van der Waals surface area contributed by atoms with Crippen molar-refractivity contribution in [1.82, 2.24) is 0 Å². The Labute approximate surface area is 329 Å². The van der Waals surface area contributed by atoms with Crippen LogP contribution in [0, 0.1) is 0 Å². The Balaban J connectivity index is 0.00000378. The van der Waals surface area contributed by atoms with Gasteiger partial charge in [0.15, 0.2) is 0 Å². The first kappa shape index (κ1) is 43.7. The predicted octanol–water partition coefficient (Wildman–Crippen LogP) is 8.58.